The van der Waals surface area contributed by atoms with E-state index in [-0.39, 0.29) is 23.9 Å². The maximum Gasteiger partial charge on any atom is 0.309 e. The van der Waals surface area contributed by atoms with Gasteiger partial charge in [0.15, 0.2) is 0 Å². The zero-order valence-corrected chi connectivity index (χ0v) is 14.3. The van der Waals surface area contributed by atoms with Crippen molar-refractivity contribution in [2.75, 3.05) is 0 Å². The van der Waals surface area contributed by atoms with Crippen LogP contribution in [0, 0.1) is 17.8 Å². The van der Waals surface area contributed by atoms with Gasteiger partial charge in [0.05, 0.1) is 17.9 Å². The lowest BCUT2D eigenvalue weighted by atomic mass is 9.81. The summed E-state index contributed by atoms with van der Waals surface area (Å²) < 4.78 is 5.51. The van der Waals surface area contributed by atoms with Crippen LogP contribution in [0.1, 0.15) is 78.6 Å². The highest BCUT2D eigenvalue weighted by Crippen LogP contribution is 2.30. The predicted octanol–water partition coefficient (Wildman–Crippen LogP) is 4.42. The summed E-state index contributed by atoms with van der Waals surface area (Å²) in [5, 5.41) is 9.07. The van der Waals surface area contributed by atoms with Crippen LogP contribution in [0.4, 0.5) is 0 Å². The second-order valence-electron chi connectivity index (χ2n) is 7.18. The van der Waals surface area contributed by atoms with E-state index in [1.54, 1.807) is 0 Å². The number of carboxylic acids is 1. The predicted molar refractivity (Wildman–Crippen MR) is 86.6 cm³/mol. The van der Waals surface area contributed by atoms with Gasteiger partial charge in [0, 0.05) is 0 Å². The number of aliphatic carboxylic acids is 1. The number of carbonyl (C=O) groups is 2. The lowest BCUT2D eigenvalue weighted by molar-refractivity contribution is -0.156. The maximum atomic E-state index is 12.1. The van der Waals surface area contributed by atoms with Crippen molar-refractivity contribution in [2.24, 2.45) is 17.8 Å². The number of hydrogen-bond donors (Lipinski definition) is 1. The molecule has 0 aromatic rings. The molecule has 0 spiro atoms. The molecule has 0 amide bonds. The Balaban J connectivity index is 2.21. The lowest BCUT2D eigenvalue weighted by Crippen LogP contribution is -2.30. The summed E-state index contributed by atoms with van der Waals surface area (Å²) >= 11 is 0. The molecule has 1 saturated carbocycles. The summed E-state index contributed by atoms with van der Waals surface area (Å²) in [4.78, 5) is 23.2. The highest BCUT2D eigenvalue weighted by molar-refractivity contribution is 5.75. The van der Waals surface area contributed by atoms with Crippen molar-refractivity contribution in [3.8, 4) is 0 Å². The molecule has 1 rings (SSSR count). The topological polar surface area (TPSA) is 63.6 Å². The van der Waals surface area contributed by atoms with Crippen LogP contribution in [0.15, 0.2) is 0 Å². The molecule has 0 heterocycles. The van der Waals surface area contributed by atoms with Crippen LogP contribution >= 0.6 is 0 Å². The highest BCUT2D eigenvalue weighted by Gasteiger charge is 2.32. The molecule has 0 aromatic heterocycles. The fourth-order valence-corrected chi connectivity index (χ4v) is 3.14. The Morgan fingerprint density at radius 2 is 1.68 bits per heavy atom. The smallest absolute Gasteiger partial charge is 0.309 e. The molecule has 3 unspecified atom stereocenters. The standard InChI is InChI=1S/C18H32O4/c1-13(2)8-5-4-6-9-14(3)22-18(21)16-11-7-10-15(12-16)17(19)20/h13-16H,4-12H2,1-3H3,(H,19,20). The molecule has 4 nitrogen and oxygen atoms in total. The Labute approximate surface area is 134 Å². The van der Waals surface area contributed by atoms with Gasteiger partial charge in [-0.05, 0) is 44.9 Å². The Kier molecular flexibility index (Phi) is 8.51. The second-order valence-corrected chi connectivity index (χ2v) is 7.18. The van der Waals surface area contributed by atoms with E-state index in [0.717, 1.165) is 31.6 Å². The number of ether oxygens (including phenoxy) is 1. The Hall–Kier alpha value is -1.06. The highest BCUT2D eigenvalue weighted by atomic mass is 16.5. The van der Waals surface area contributed by atoms with E-state index in [0.29, 0.717) is 12.8 Å². The van der Waals surface area contributed by atoms with Crippen molar-refractivity contribution < 1.29 is 19.4 Å². The first-order valence-corrected chi connectivity index (χ1v) is 8.83. The van der Waals surface area contributed by atoms with Gasteiger partial charge in [0.25, 0.3) is 0 Å². The van der Waals surface area contributed by atoms with Gasteiger partial charge in [0.2, 0.25) is 0 Å². The molecule has 1 aliphatic carbocycles. The second kappa shape index (κ2) is 9.86. The molecule has 0 aromatic carbocycles. The molecule has 4 heteroatoms. The average molecular weight is 312 g/mol. The van der Waals surface area contributed by atoms with E-state index in [1.807, 2.05) is 6.92 Å². The van der Waals surface area contributed by atoms with Gasteiger partial charge >= 0.3 is 11.9 Å². The number of esters is 1. The minimum Gasteiger partial charge on any atom is -0.481 e. The van der Waals surface area contributed by atoms with Gasteiger partial charge in [0.1, 0.15) is 0 Å². The molecule has 1 N–H and O–H groups in total. The van der Waals surface area contributed by atoms with Crippen molar-refractivity contribution in [1.29, 1.82) is 0 Å². The number of rotatable bonds is 9. The Morgan fingerprint density at radius 1 is 1.05 bits per heavy atom. The normalized spacial score (nSPS) is 23.3. The summed E-state index contributed by atoms with van der Waals surface area (Å²) in [6, 6.07) is 0. The molecule has 22 heavy (non-hydrogen) atoms. The largest absolute Gasteiger partial charge is 0.481 e. The van der Waals surface area contributed by atoms with Crippen molar-refractivity contribution >= 4 is 11.9 Å². The quantitative estimate of drug-likeness (QED) is 0.506. The first-order chi connectivity index (χ1) is 10.4. The zero-order valence-electron chi connectivity index (χ0n) is 14.3. The first kappa shape index (κ1) is 19.0. The molecule has 0 radical (unpaired) electrons. The number of carbonyl (C=O) groups excluding carboxylic acids is 1. The summed E-state index contributed by atoms with van der Waals surface area (Å²) in [6.07, 6.45) is 8.31. The van der Waals surface area contributed by atoms with Crippen LogP contribution in [-0.2, 0) is 14.3 Å². The van der Waals surface area contributed by atoms with Crippen LogP contribution in [0.2, 0.25) is 0 Å². The molecular formula is C18H32O4. The van der Waals surface area contributed by atoms with Crippen molar-refractivity contribution in [1.82, 2.24) is 0 Å². The third-order valence-corrected chi connectivity index (χ3v) is 4.57. The summed E-state index contributed by atoms with van der Waals surface area (Å²) in [5.74, 6) is -0.823. The van der Waals surface area contributed by atoms with Crippen LogP contribution < -0.4 is 0 Å². The van der Waals surface area contributed by atoms with E-state index in [2.05, 4.69) is 13.8 Å². The van der Waals surface area contributed by atoms with E-state index in [9.17, 15) is 9.59 Å². The minimum absolute atomic E-state index is 0.0586. The molecule has 128 valence electrons. The molecule has 0 aliphatic heterocycles. The first-order valence-electron chi connectivity index (χ1n) is 8.83. The average Bonchev–Trinajstić information content (AvgIpc) is 2.46. The van der Waals surface area contributed by atoms with Gasteiger partial charge in [-0.25, -0.2) is 0 Å². The van der Waals surface area contributed by atoms with Crippen LogP contribution in [-0.4, -0.2) is 23.1 Å². The molecule has 0 bridgehead atoms. The molecule has 3 atom stereocenters. The Bertz CT molecular complexity index is 351. The van der Waals surface area contributed by atoms with Crippen molar-refractivity contribution in [3.05, 3.63) is 0 Å². The third-order valence-electron chi connectivity index (χ3n) is 4.57. The molecule has 1 fully saturated rings. The third kappa shape index (κ3) is 7.28. The molecule has 0 saturated heterocycles. The van der Waals surface area contributed by atoms with Gasteiger partial charge in [-0.15, -0.1) is 0 Å². The summed E-state index contributed by atoms with van der Waals surface area (Å²) in [7, 11) is 0. The lowest BCUT2D eigenvalue weighted by Gasteiger charge is -2.26. The van der Waals surface area contributed by atoms with E-state index in [1.165, 1.54) is 19.3 Å². The fourth-order valence-electron chi connectivity index (χ4n) is 3.14. The van der Waals surface area contributed by atoms with Gasteiger partial charge < -0.3 is 9.84 Å². The van der Waals surface area contributed by atoms with Crippen molar-refractivity contribution in [3.63, 3.8) is 0 Å². The van der Waals surface area contributed by atoms with Crippen LogP contribution in [0.25, 0.3) is 0 Å². The number of carboxylic acid groups (broad SMARTS) is 1. The molecular weight excluding hydrogens is 280 g/mol. The summed E-state index contributed by atoms with van der Waals surface area (Å²) in [5.41, 5.74) is 0. The van der Waals surface area contributed by atoms with E-state index in [4.69, 9.17) is 9.84 Å². The molecule has 1 aliphatic rings. The Morgan fingerprint density at radius 3 is 2.32 bits per heavy atom. The summed E-state index contributed by atoms with van der Waals surface area (Å²) in [6.45, 7) is 6.41. The fraction of sp³-hybridized carbons (Fsp3) is 0.889. The zero-order chi connectivity index (χ0) is 16.5. The van der Waals surface area contributed by atoms with Gasteiger partial charge in [-0.3, -0.25) is 9.59 Å². The van der Waals surface area contributed by atoms with E-state index >= 15 is 0 Å². The monoisotopic (exact) mass is 312 g/mol. The SMILES string of the molecule is CC(C)CCCCCC(C)OC(=O)C1CCCC(C(=O)O)C1. The maximum absolute atomic E-state index is 12.1. The minimum atomic E-state index is -0.782. The van der Waals surface area contributed by atoms with Gasteiger partial charge in [-0.2, -0.15) is 0 Å². The van der Waals surface area contributed by atoms with E-state index < -0.39 is 5.97 Å². The van der Waals surface area contributed by atoms with Crippen LogP contribution in [0.5, 0.6) is 0 Å². The van der Waals surface area contributed by atoms with Crippen molar-refractivity contribution in [2.45, 2.75) is 84.7 Å². The van der Waals surface area contributed by atoms with Gasteiger partial charge in [-0.1, -0.05) is 39.5 Å². The van der Waals surface area contributed by atoms with Crippen LogP contribution in [0.3, 0.4) is 0 Å². The number of unbranched alkanes of at least 4 members (excludes halogenated alkanes) is 2. The number of hydrogen-bond acceptors (Lipinski definition) is 3.